The smallest absolute Gasteiger partial charge is 0.347 e. The second-order valence-corrected chi connectivity index (χ2v) is 34.4. The molecule has 1 aromatic heterocycles. The summed E-state index contributed by atoms with van der Waals surface area (Å²) < 4.78 is 6.35. The molecule has 606 valence electrons. The van der Waals surface area contributed by atoms with Gasteiger partial charge in [0.05, 0.1) is 15.6 Å². The molecule has 7 aliphatic heterocycles. The van der Waals surface area contributed by atoms with Crippen LogP contribution < -0.4 is 30.1 Å². The number of hydrogen-bond acceptors (Lipinski definition) is 16. The van der Waals surface area contributed by atoms with Crippen molar-refractivity contribution in [2.24, 2.45) is 0 Å². The molecule has 3 fully saturated rings. The summed E-state index contributed by atoms with van der Waals surface area (Å²) in [6, 6.07) is 45.4. The molecule has 19 heteroatoms. The van der Waals surface area contributed by atoms with Crippen LogP contribution in [0.15, 0.2) is 253 Å². The van der Waals surface area contributed by atoms with Gasteiger partial charge in [-0.1, -0.05) is 217 Å². The normalized spacial score (nSPS) is 19.2. The van der Waals surface area contributed by atoms with Crippen molar-refractivity contribution >= 4 is 138 Å². The van der Waals surface area contributed by atoms with Gasteiger partial charge in [0, 0.05) is 138 Å². The molecule has 8 aliphatic rings. The molecule has 15 rings (SSSR count). The Bertz CT molecular complexity index is 5240. The molecule has 15 nitrogen and oxygen atoms in total. The first-order valence-corrected chi connectivity index (χ1v) is 43.5. The zero-order valence-corrected chi connectivity index (χ0v) is 72.9. The summed E-state index contributed by atoms with van der Waals surface area (Å²) in [5.74, 6) is -0.771. The van der Waals surface area contributed by atoms with Crippen LogP contribution in [0.4, 0.5) is 28.4 Å². The number of thiocarbonyl (C=S) groups is 2. The number of anilines is 5. The van der Waals surface area contributed by atoms with Gasteiger partial charge in [0.2, 0.25) is 0 Å². The van der Waals surface area contributed by atoms with Gasteiger partial charge in [0.1, 0.15) is 21.0 Å². The lowest BCUT2D eigenvalue weighted by Gasteiger charge is -2.37. The monoisotopic (exact) mass is 1640 g/mol. The Kier molecular flexibility index (Phi) is 28.1. The molecule has 0 radical (unpaired) electrons. The number of aryl methyl sites for hydroxylation is 3. The van der Waals surface area contributed by atoms with Crippen LogP contribution in [-0.2, 0) is 42.8 Å². The molecule has 1 aliphatic carbocycles. The number of thioether (sulfide) groups is 2. The molecule has 0 bridgehead atoms. The molecule has 0 unspecified atom stereocenters. The van der Waals surface area contributed by atoms with Crippen LogP contribution in [0.3, 0.4) is 0 Å². The third-order valence-electron chi connectivity index (χ3n) is 23.0. The Hall–Kier alpha value is -10.4. The van der Waals surface area contributed by atoms with E-state index in [2.05, 4.69) is 211 Å². The Labute approximate surface area is 710 Å². The zero-order valence-electron chi connectivity index (χ0n) is 69.6. The van der Waals surface area contributed by atoms with Crippen LogP contribution in [0.5, 0.6) is 0 Å². The highest BCUT2D eigenvalue weighted by atomic mass is 32.2. The summed E-state index contributed by atoms with van der Waals surface area (Å²) in [7, 11) is 4.23. The summed E-state index contributed by atoms with van der Waals surface area (Å²) in [5.41, 5.74) is 18.8. The first-order chi connectivity index (χ1) is 56.4. The van der Waals surface area contributed by atoms with Gasteiger partial charge in [-0.3, -0.25) is 38.7 Å². The number of unbranched alkanes of at least 4 members (excludes halogenated alkanes) is 2. The maximum Gasteiger partial charge on any atom is 0.347 e. The van der Waals surface area contributed by atoms with Crippen molar-refractivity contribution < 1.29 is 28.4 Å². The van der Waals surface area contributed by atoms with Gasteiger partial charge in [-0.25, -0.2) is 4.79 Å². The van der Waals surface area contributed by atoms with Crippen LogP contribution in [0, 0.1) is 6.92 Å². The predicted octanol–water partition coefficient (Wildman–Crippen LogP) is 20.9. The number of para-hydroxylation sites is 3. The van der Waals surface area contributed by atoms with Crippen molar-refractivity contribution in [2.75, 3.05) is 91.0 Å². The maximum atomic E-state index is 13.2. The molecular weight excluding hydrogens is 1530 g/mol. The lowest BCUT2D eigenvalue weighted by molar-refractivity contribution is -0.134. The Morgan fingerprint density at radius 2 is 1.15 bits per heavy atom. The van der Waals surface area contributed by atoms with Crippen molar-refractivity contribution in [3.05, 3.63) is 294 Å². The Morgan fingerprint density at radius 3 is 1.72 bits per heavy atom. The first-order valence-electron chi connectivity index (χ1n) is 41.1. The van der Waals surface area contributed by atoms with Crippen LogP contribution >= 0.6 is 48.0 Å². The summed E-state index contributed by atoms with van der Waals surface area (Å²) in [6.07, 6.45) is 31.8. The second-order valence-electron chi connectivity index (χ2n) is 31.3. The highest BCUT2D eigenvalue weighted by Crippen LogP contribution is 2.50. The Morgan fingerprint density at radius 1 is 0.598 bits per heavy atom. The minimum Gasteiger partial charge on any atom is -0.422 e. The number of allylic oxidation sites excluding steroid dienone is 13. The van der Waals surface area contributed by atoms with Gasteiger partial charge < -0.3 is 28.9 Å². The van der Waals surface area contributed by atoms with Crippen LogP contribution in [-0.4, -0.2) is 120 Å². The van der Waals surface area contributed by atoms with Gasteiger partial charge >= 0.3 is 5.63 Å². The third kappa shape index (κ3) is 18.6. The van der Waals surface area contributed by atoms with E-state index in [1.165, 1.54) is 79.1 Å². The average molecular weight is 1640 g/mol. The first kappa shape index (κ1) is 85.9. The summed E-state index contributed by atoms with van der Waals surface area (Å²) in [5, 5.41) is 2.32. The number of hydrogen-bond donors (Lipinski definition) is 0. The second kappa shape index (κ2) is 38.3. The number of nitrogens with zero attached hydrogens (tertiary/aromatic N) is 8. The van der Waals surface area contributed by atoms with Gasteiger partial charge in [0.15, 0.2) is 16.7 Å². The fourth-order valence-electron chi connectivity index (χ4n) is 16.5. The standard InChI is InChI=1S/C31H34N2O.C28H30N2O3.C22H28N2O2S.C17H16N2OS3/c1-30(2)23-11-7-9-13-25(23)32(5)27(30)19-17-21-15-16-22(29(21)34)18-20-28-31(3,4)24-12-8-10-14-26(24)33(28)6;1-3-29(4-2)22-12-9-19(10-13-22)11-14-25(31)24-18-21-17-20-7-5-15-30-16-6-8-23(26(20)30)27(21)33-28(24)32;1-4-6-15-23-20(25)19(21(26)24(22(23)27)16-7-5-2)10-8-9-18-13-11-17(3)12-14-18;1-3-11-19-16(20)14(23-17(19)21)9-10-15-18(4-2)12-7-5-6-8-13(12)22-15/h7-14,17-20H,15-16H2,1-6H3;9-14,17-18H,3-8,15-16H2,1-2H3;8-14H,4-7,15-16H2,1-3H3;3,5-10H,1,4,11H2,2H3/b21-17+,22-18+,27-19-,28-20+;14-11+;9-8+;14-9-,15-10-. The zero-order chi connectivity index (χ0) is 83.4. The topological polar surface area (TPSA) is 141 Å². The molecular formula is C98H108N8O7S4. The summed E-state index contributed by atoms with van der Waals surface area (Å²) in [6.45, 7) is 31.7. The lowest BCUT2D eigenvalue weighted by Crippen LogP contribution is -2.56. The van der Waals surface area contributed by atoms with Crippen molar-refractivity contribution in [2.45, 2.75) is 149 Å². The van der Waals surface area contributed by atoms with E-state index >= 15 is 0 Å². The van der Waals surface area contributed by atoms with E-state index in [0.717, 1.165) is 141 Å². The largest absolute Gasteiger partial charge is 0.422 e. The number of amides is 3. The van der Waals surface area contributed by atoms with E-state index in [-0.39, 0.29) is 51.3 Å². The molecule has 0 atom stereocenters. The molecule has 2 saturated heterocycles. The average Bonchev–Trinajstić information content (AvgIpc) is 1.64. The number of Topliss-reactive ketones (excluding diaryl/α,β-unsaturated/α-hetero) is 1. The Balaban J connectivity index is 0.000000145. The third-order valence-corrected chi connectivity index (χ3v) is 25.9. The van der Waals surface area contributed by atoms with Crippen molar-refractivity contribution in [3.63, 3.8) is 0 Å². The molecule has 0 N–H and O–H groups in total. The molecule has 117 heavy (non-hydrogen) atoms. The fourth-order valence-corrected chi connectivity index (χ4v) is 19.2. The lowest BCUT2D eigenvalue weighted by atomic mass is 9.83. The van der Waals surface area contributed by atoms with Gasteiger partial charge in [-0.05, 0) is 204 Å². The number of carbonyl (C=O) groups is 5. The maximum absolute atomic E-state index is 13.2. The molecule has 3 amide bonds. The SMILES string of the molecule is C=CCN1C(=O)/C(=C/C=C2\Sc3ccccc3N2CC)SC1=S.CCCCN1C(=O)C(=C/C=C/c2ccc(C)cc2)C(=O)N(CCCC)C1=S.CCN(CC)c1ccc(/C=C/C(=O)c2cc3cc4c5c(c3oc2=O)CCCN5CCC4)cc1.CN1/C(=C\C=C2/CC/C(=C\C=C3\N(C)c4ccccc4C3(C)C)C2=O)C(C)(C)c2ccccc21. The minimum atomic E-state index is -0.557. The van der Waals surface area contributed by atoms with Crippen LogP contribution in [0.25, 0.3) is 23.1 Å². The molecule has 7 aromatic rings. The summed E-state index contributed by atoms with van der Waals surface area (Å²) >= 11 is 13.8. The number of fused-ring (bicyclic) bond motifs is 5. The van der Waals surface area contributed by atoms with Crippen molar-refractivity contribution in [1.82, 2.24) is 14.7 Å². The number of rotatable bonds is 20. The van der Waals surface area contributed by atoms with E-state index in [0.29, 0.717) is 39.6 Å². The van der Waals surface area contributed by atoms with Crippen molar-refractivity contribution in [1.29, 1.82) is 0 Å². The molecule has 0 spiro atoms. The number of benzene rings is 6. The van der Waals surface area contributed by atoms with Gasteiger partial charge in [0.25, 0.3) is 17.7 Å². The van der Waals surface area contributed by atoms with Gasteiger partial charge in [-0.15, -0.1) is 6.58 Å². The fraction of sp³-hybridized carbons (Fsp3) is 0.327. The highest BCUT2D eigenvalue weighted by Gasteiger charge is 2.42. The predicted molar refractivity (Wildman–Crippen MR) is 495 cm³/mol. The van der Waals surface area contributed by atoms with E-state index in [9.17, 15) is 28.8 Å². The van der Waals surface area contributed by atoms with E-state index in [1.54, 1.807) is 56.8 Å². The highest BCUT2D eigenvalue weighted by molar-refractivity contribution is 8.26. The van der Waals surface area contributed by atoms with Crippen LogP contribution in [0.2, 0.25) is 0 Å². The van der Waals surface area contributed by atoms with E-state index in [4.69, 9.17) is 28.9 Å². The number of carbonyl (C=O) groups excluding carboxylic acids is 5. The summed E-state index contributed by atoms with van der Waals surface area (Å²) in [4.78, 5) is 95.0. The number of ketones is 2. The quantitative estimate of drug-likeness (QED) is 0.0178. The van der Waals surface area contributed by atoms with E-state index < -0.39 is 5.63 Å². The van der Waals surface area contributed by atoms with E-state index in [1.807, 2.05) is 73.7 Å². The van der Waals surface area contributed by atoms with Crippen molar-refractivity contribution in [3.8, 4) is 0 Å². The van der Waals surface area contributed by atoms with Gasteiger partial charge in [-0.2, -0.15) is 0 Å². The minimum absolute atomic E-state index is 0.0414. The van der Waals surface area contributed by atoms with Crippen LogP contribution in [0.1, 0.15) is 163 Å². The molecule has 6 aromatic carbocycles. The molecule has 1 saturated carbocycles. The molecule has 8 heterocycles. The number of likely N-dealkylation sites (N-methyl/N-ethyl adjacent to an activating group) is 2.